The Hall–Kier alpha value is -2.53. The Morgan fingerprint density at radius 3 is 2.22 bits per heavy atom. The number of likely N-dealkylation sites (N-methyl/N-ethyl adjacent to an activating group) is 1. The fourth-order valence-corrected chi connectivity index (χ4v) is 4.16. The molecule has 0 aliphatic rings. The molecule has 2 amide bonds. The predicted octanol–water partition coefficient (Wildman–Crippen LogP) is 5.58. The Bertz CT molecular complexity index is 1090. The molecule has 0 aromatic heterocycles. The Morgan fingerprint density at radius 1 is 0.875 bits per heavy atom. The van der Waals surface area contributed by atoms with Gasteiger partial charge in [0, 0.05) is 35.1 Å². The highest BCUT2D eigenvalue weighted by molar-refractivity contribution is 6.35. The van der Waals surface area contributed by atoms with E-state index in [1.54, 1.807) is 48.3 Å². The fraction of sp³-hybridized carbons (Fsp3) is 0.200. The molecule has 0 fully saturated rings. The van der Waals surface area contributed by atoms with E-state index in [0.29, 0.717) is 27.1 Å². The van der Waals surface area contributed by atoms with Crippen LogP contribution < -0.4 is 5.32 Å². The number of hydrogen-bond donors (Lipinski definition) is 1. The van der Waals surface area contributed by atoms with Crippen LogP contribution in [0.3, 0.4) is 0 Å². The van der Waals surface area contributed by atoms with Crippen molar-refractivity contribution in [3.8, 4) is 0 Å². The van der Waals surface area contributed by atoms with Gasteiger partial charge in [0.2, 0.25) is 11.8 Å². The van der Waals surface area contributed by atoms with Crippen molar-refractivity contribution in [3.63, 3.8) is 0 Å². The number of benzene rings is 3. The molecule has 0 bridgehead atoms. The Labute approximate surface area is 203 Å². The van der Waals surface area contributed by atoms with Gasteiger partial charge in [-0.25, -0.2) is 0 Å². The molecule has 0 aliphatic heterocycles. The largest absolute Gasteiger partial charge is 0.357 e. The van der Waals surface area contributed by atoms with E-state index in [4.69, 9.17) is 34.8 Å². The number of nitrogens with zero attached hydrogens (tertiary/aromatic N) is 1. The summed E-state index contributed by atoms with van der Waals surface area (Å²) in [6, 6.07) is 21.1. The summed E-state index contributed by atoms with van der Waals surface area (Å²) in [5.74, 6) is -0.457. The van der Waals surface area contributed by atoms with Gasteiger partial charge in [-0.15, -0.1) is 0 Å². The molecule has 1 atom stereocenters. The fourth-order valence-electron chi connectivity index (χ4n) is 3.48. The topological polar surface area (TPSA) is 49.4 Å². The van der Waals surface area contributed by atoms with Crippen LogP contribution in [0.2, 0.25) is 15.1 Å². The molecule has 3 aromatic rings. The van der Waals surface area contributed by atoms with Crippen LogP contribution >= 0.6 is 34.8 Å². The van der Waals surface area contributed by atoms with Crippen molar-refractivity contribution < 1.29 is 9.59 Å². The van der Waals surface area contributed by atoms with Crippen molar-refractivity contribution in [3.05, 3.63) is 105 Å². The SMILES string of the molecule is CNC(=O)[C@H](Cc1ccccc1)N(Cc1ccc(Cl)cc1Cl)C(=O)Cc1cccc(Cl)c1. The van der Waals surface area contributed by atoms with Crippen molar-refractivity contribution >= 4 is 46.6 Å². The van der Waals surface area contributed by atoms with Crippen molar-refractivity contribution in [1.29, 1.82) is 0 Å². The summed E-state index contributed by atoms with van der Waals surface area (Å²) in [6.07, 6.45) is 0.473. The normalized spacial score (nSPS) is 11.6. The van der Waals surface area contributed by atoms with Crippen LogP contribution in [0.25, 0.3) is 0 Å². The van der Waals surface area contributed by atoms with E-state index in [9.17, 15) is 9.59 Å². The minimum absolute atomic E-state index is 0.105. The molecule has 1 N–H and O–H groups in total. The van der Waals surface area contributed by atoms with E-state index in [1.807, 2.05) is 36.4 Å². The Morgan fingerprint density at radius 2 is 1.56 bits per heavy atom. The van der Waals surface area contributed by atoms with Gasteiger partial charge >= 0.3 is 0 Å². The van der Waals surface area contributed by atoms with E-state index in [-0.39, 0.29) is 24.8 Å². The standard InChI is InChI=1S/C25H23Cl3N2O2/c1-29-25(32)23(13-17-6-3-2-4-7-17)30(16-19-10-11-21(27)15-22(19)28)24(31)14-18-8-5-9-20(26)12-18/h2-12,15,23H,13-14,16H2,1H3,(H,29,32)/t23-/m0/s1. The molecule has 166 valence electrons. The third kappa shape index (κ3) is 6.49. The van der Waals surface area contributed by atoms with Crippen LogP contribution in [0.5, 0.6) is 0 Å². The van der Waals surface area contributed by atoms with Crippen LogP contribution in [0.1, 0.15) is 16.7 Å². The van der Waals surface area contributed by atoms with Gasteiger partial charge in [0.1, 0.15) is 6.04 Å². The summed E-state index contributed by atoms with van der Waals surface area (Å²) >= 11 is 18.5. The molecule has 32 heavy (non-hydrogen) atoms. The molecule has 0 saturated heterocycles. The molecule has 4 nitrogen and oxygen atoms in total. The number of amides is 2. The highest BCUT2D eigenvalue weighted by atomic mass is 35.5. The van der Waals surface area contributed by atoms with Gasteiger partial charge in [0.15, 0.2) is 0 Å². The summed E-state index contributed by atoms with van der Waals surface area (Å²) in [5.41, 5.74) is 2.42. The molecular formula is C25H23Cl3N2O2. The minimum atomic E-state index is -0.721. The first kappa shape index (κ1) is 24.1. The third-order valence-electron chi connectivity index (χ3n) is 5.12. The van der Waals surface area contributed by atoms with Crippen LogP contribution in [0, 0.1) is 0 Å². The summed E-state index contributed by atoms with van der Waals surface area (Å²) in [4.78, 5) is 28.0. The Balaban J connectivity index is 1.97. The van der Waals surface area contributed by atoms with Crippen LogP contribution in [0.15, 0.2) is 72.8 Å². The lowest BCUT2D eigenvalue weighted by atomic mass is 10.0. The molecule has 0 aliphatic carbocycles. The lowest BCUT2D eigenvalue weighted by Crippen LogP contribution is -2.50. The van der Waals surface area contributed by atoms with Crippen LogP contribution in [0.4, 0.5) is 0 Å². The maximum atomic E-state index is 13.5. The van der Waals surface area contributed by atoms with Crippen molar-refractivity contribution in [1.82, 2.24) is 10.2 Å². The van der Waals surface area contributed by atoms with Crippen LogP contribution in [-0.4, -0.2) is 29.8 Å². The lowest BCUT2D eigenvalue weighted by molar-refractivity contribution is -0.140. The van der Waals surface area contributed by atoms with Gasteiger partial charge in [-0.05, 0) is 41.0 Å². The Kier molecular flexibility index (Phi) is 8.57. The van der Waals surface area contributed by atoms with E-state index in [1.165, 1.54) is 0 Å². The zero-order valence-electron chi connectivity index (χ0n) is 17.5. The van der Waals surface area contributed by atoms with Crippen molar-refractivity contribution in [2.75, 3.05) is 7.05 Å². The van der Waals surface area contributed by atoms with Gasteiger partial charge in [-0.2, -0.15) is 0 Å². The number of hydrogen-bond acceptors (Lipinski definition) is 2. The zero-order valence-corrected chi connectivity index (χ0v) is 19.8. The predicted molar refractivity (Wildman–Crippen MR) is 130 cm³/mol. The average Bonchev–Trinajstić information content (AvgIpc) is 2.77. The average molecular weight is 490 g/mol. The second kappa shape index (κ2) is 11.4. The highest BCUT2D eigenvalue weighted by Crippen LogP contribution is 2.24. The third-order valence-corrected chi connectivity index (χ3v) is 5.94. The second-order valence-corrected chi connectivity index (χ2v) is 8.66. The molecule has 7 heteroatoms. The summed E-state index contributed by atoms with van der Waals surface area (Å²) in [5, 5.41) is 4.19. The summed E-state index contributed by atoms with van der Waals surface area (Å²) in [6.45, 7) is 0.167. The molecular weight excluding hydrogens is 467 g/mol. The maximum Gasteiger partial charge on any atom is 0.242 e. The first-order valence-electron chi connectivity index (χ1n) is 10.1. The van der Waals surface area contributed by atoms with Gasteiger partial charge < -0.3 is 10.2 Å². The van der Waals surface area contributed by atoms with Crippen molar-refractivity contribution in [2.45, 2.75) is 25.4 Å². The summed E-state index contributed by atoms with van der Waals surface area (Å²) in [7, 11) is 1.56. The number of halogens is 3. The summed E-state index contributed by atoms with van der Waals surface area (Å²) < 4.78 is 0. The van der Waals surface area contributed by atoms with Gasteiger partial charge in [-0.3, -0.25) is 9.59 Å². The maximum absolute atomic E-state index is 13.5. The van der Waals surface area contributed by atoms with Gasteiger partial charge in [-0.1, -0.05) is 83.3 Å². The number of carbonyl (C=O) groups excluding carboxylic acids is 2. The number of rotatable bonds is 8. The van der Waals surface area contributed by atoms with E-state index in [0.717, 1.165) is 11.1 Å². The molecule has 3 aromatic carbocycles. The first-order valence-corrected chi connectivity index (χ1v) is 11.2. The number of nitrogens with one attached hydrogen (secondary N) is 1. The van der Waals surface area contributed by atoms with Crippen LogP contribution in [-0.2, 0) is 29.0 Å². The number of carbonyl (C=O) groups is 2. The zero-order chi connectivity index (χ0) is 23.1. The minimum Gasteiger partial charge on any atom is -0.357 e. The van der Waals surface area contributed by atoms with Gasteiger partial charge in [0.25, 0.3) is 0 Å². The monoisotopic (exact) mass is 488 g/mol. The lowest BCUT2D eigenvalue weighted by Gasteiger charge is -2.31. The molecule has 0 saturated carbocycles. The molecule has 0 heterocycles. The van der Waals surface area contributed by atoms with E-state index in [2.05, 4.69) is 5.32 Å². The van der Waals surface area contributed by atoms with Crippen molar-refractivity contribution in [2.24, 2.45) is 0 Å². The molecule has 0 spiro atoms. The first-order chi connectivity index (χ1) is 15.4. The highest BCUT2D eigenvalue weighted by Gasteiger charge is 2.30. The smallest absolute Gasteiger partial charge is 0.242 e. The van der Waals surface area contributed by atoms with Gasteiger partial charge in [0.05, 0.1) is 6.42 Å². The van der Waals surface area contributed by atoms with E-state index >= 15 is 0 Å². The molecule has 3 rings (SSSR count). The quantitative estimate of drug-likeness (QED) is 0.449. The molecule has 0 radical (unpaired) electrons. The molecule has 0 unspecified atom stereocenters. The second-order valence-electron chi connectivity index (χ2n) is 7.38. The van der Waals surface area contributed by atoms with E-state index < -0.39 is 6.04 Å².